The lowest BCUT2D eigenvalue weighted by molar-refractivity contribution is -0.123. The van der Waals surface area contributed by atoms with Gasteiger partial charge in [-0.25, -0.2) is 0 Å². The average molecular weight is 181 g/mol. The minimum atomic E-state index is 0.302. The predicted molar refractivity (Wildman–Crippen MR) is 52.4 cm³/mol. The molecular weight excluding hydrogens is 162 g/mol. The van der Waals surface area contributed by atoms with E-state index in [2.05, 4.69) is 5.32 Å². The fourth-order valence-corrected chi connectivity index (χ4v) is 2.32. The van der Waals surface area contributed by atoms with Crippen LogP contribution in [-0.4, -0.2) is 11.9 Å². The number of nitrogens with one attached hydrogen (secondary N) is 1. The highest BCUT2D eigenvalue weighted by Gasteiger charge is 2.23. The molecule has 0 saturated heterocycles. The lowest BCUT2D eigenvalue weighted by Gasteiger charge is -2.25. The summed E-state index contributed by atoms with van der Waals surface area (Å²) in [5, 5.41) is 3.14. The van der Waals surface area contributed by atoms with Crippen molar-refractivity contribution in [3.05, 3.63) is 0 Å². The molecule has 1 N–H and O–H groups in total. The predicted octanol–water partition coefficient (Wildman–Crippen LogP) is 2.24. The lowest BCUT2D eigenvalue weighted by atomic mass is 9.83. The molecule has 2 aliphatic rings. The van der Waals surface area contributed by atoms with E-state index in [1.54, 1.807) is 0 Å². The molecule has 2 fully saturated rings. The van der Waals surface area contributed by atoms with Gasteiger partial charge in [-0.3, -0.25) is 4.79 Å². The lowest BCUT2D eigenvalue weighted by Crippen LogP contribution is -2.34. The average Bonchev–Trinajstić information content (AvgIpc) is 2.49. The Morgan fingerprint density at radius 3 is 2.31 bits per heavy atom. The third kappa shape index (κ3) is 2.45. The van der Waals surface area contributed by atoms with Gasteiger partial charge < -0.3 is 5.32 Å². The minimum absolute atomic E-state index is 0.302. The van der Waals surface area contributed by atoms with Gasteiger partial charge in [-0.2, -0.15) is 0 Å². The number of rotatable bonds is 3. The second-order valence-electron chi connectivity index (χ2n) is 4.55. The number of amides is 1. The molecule has 0 bridgehead atoms. The molecule has 2 saturated carbocycles. The van der Waals surface area contributed by atoms with E-state index in [4.69, 9.17) is 0 Å². The Morgan fingerprint density at radius 1 is 1.08 bits per heavy atom. The zero-order valence-corrected chi connectivity index (χ0v) is 8.22. The molecule has 0 aromatic rings. The first-order chi connectivity index (χ1) is 6.34. The van der Waals surface area contributed by atoms with Gasteiger partial charge in [0.25, 0.3) is 0 Å². The maximum Gasteiger partial charge on any atom is 0.220 e. The van der Waals surface area contributed by atoms with Crippen LogP contribution in [0.4, 0.5) is 0 Å². The summed E-state index contributed by atoms with van der Waals surface area (Å²) in [6, 6.07) is 0.507. The third-order valence-corrected chi connectivity index (χ3v) is 3.42. The second-order valence-corrected chi connectivity index (χ2v) is 4.55. The van der Waals surface area contributed by atoms with Crippen LogP contribution in [0.2, 0.25) is 0 Å². The quantitative estimate of drug-likeness (QED) is 0.710. The molecule has 2 aliphatic carbocycles. The van der Waals surface area contributed by atoms with Crippen molar-refractivity contribution in [1.82, 2.24) is 5.32 Å². The summed E-state index contributed by atoms with van der Waals surface area (Å²) < 4.78 is 0. The van der Waals surface area contributed by atoms with Crippen LogP contribution in [-0.2, 0) is 4.79 Å². The third-order valence-electron chi connectivity index (χ3n) is 3.42. The number of hydrogen-bond acceptors (Lipinski definition) is 1. The van der Waals surface area contributed by atoms with E-state index in [9.17, 15) is 4.79 Å². The van der Waals surface area contributed by atoms with Gasteiger partial charge in [0, 0.05) is 12.5 Å². The van der Waals surface area contributed by atoms with Gasteiger partial charge in [-0.05, 0) is 31.6 Å². The summed E-state index contributed by atoms with van der Waals surface area (Å²) in [6.45, 7) is 0. The molecule has 0 aromatic heterocycles. The molecule has 0 aliphatic heterocycles. The van der Waals surface area contributed by atoms with Gasteiger partial charge in [0.15, 0.2) is 0 Å². The largest absolute Gasteiger partial charge is 0.353 e. The fourth-order valence-electron chi connectivity index (χ4n) is 2.32. The first-order valence-electron chi connectivity index (χ1n) is 5.64. The van der Waals surface area contributed by atoms with Crippen LogP contribution in [0.3, 0.4) is 0 Å². The van der Waals surface area contributed by atoms with Crippen LogP contribution in [0.25, 0.3) is 0 Å². The molecule has 74 valence electrons. The van der Waals surface area contributed by atoms with Crippen LogP contribution >= 0.6 is 0 Å². The van der Waals surface area contributed by atoms with E-state index in [0.717, 1.165) is 6.42 Å². The zero-order valence-electron chi connectivity index (χ0n) is 8.22. The summed E-state index contributed by atoms with van der Waals surface area (Å²) in [5.74, 6) is 1.01. The fraction of sp³-hybridized carbons (Fsp3) is 0.909. The van der Waals surface area contributed by atoms with Gasteiger partial charge in [-0.15, -0.1) is 0 Å². The van der Waals surface area contributed by atoms with Crippen molar-refractivity contribution in [2.45, 2.75) is 57.4 Å². The van der Waals surface area contributed by atoms with Crippen molar-refractivity contribution in [2.75, 3.05) is 0 Å². The number of carbonyl (C=O) groups is 1. The normalized spacial score (nSPS) is 24.3. The van der Waals surface area contributed by atoms with E-state index >= 15 is 0 Å². The molecule has 2 heteroatoms. The first-order valence-corrected chi connectivity index (χ1v) is 5.64. The topological polar surface area (TPSA) is 29.1 Å². The highest BCUT2D eigenvalue weighted by atomic mass is 16.1. The van der Waals surface area contributed by atoms with E-state index in [1.807, 2.05) is 0 Å². The Hall–Kier alpha value is -0.530. The SMILES string of the molecule is O=C(CC1CCC1)NC1CCCC1. The van der Waals surface area contributed by atoms with Crippen molar-refractivity contribution in [1.29, 1.82) is 0 Å². The molecule has 1 amide bonds. The summed E-state index contributed by atoms with van der Waals surface area (Å²) in [5.41, 5.74) is 0. The Bertz CT molecular complexity index is 181. The molecule has 0 spiro atoms. The smallest absolute Gasteiger partial charge is 0.220 e. The summed E-state index contributed by atoms with van der Waals surface area (Å²) in [6.07, 6.45) is 9.68. The van der Waals surface area contributed by atoms with E-state index < -0.39 is 0 Å². The molecular formula is C11H19NO. The first kappa shape index (κ1) is 9.04. The highest BCUT2D eigenvalue weighted by Crippen LogP contribution is 2.29. The highest BCUT2D eigenvalue weighted by molar-refractivity contribution is 5.76. The van der Waals surface area contributed by atoms with E-state index in [0.29, 0.717) is 17.9 Å². The van der Waals surface area contributed by atoms with E-state index in [1.165, 1.54) is 44.9 Å². The van der Waals surface area contributed by atoms with Crippen molar-refractivity contribution in [3.8, 4) is 0 Å². The van der Waals surface area contributed by atoms with Gasteiger partial charge in [-0.1, -0.05) is 19.3 Å². The van der Waals surface area contributed by atoms with Crippen LogP contribution in [0, 0.1) is 5.92 Å². The van der Waals surface area contributed by atoms with E-state index in [-0.39, 0.29) is 0 Å². The van der Waals surface area contributed by atoms with Gasteiger partial charge in [0.2, 0.25) is 5.91 Å². The van der Waals surface area contributed by atoms with Crippen molar-refractivity contribution in [3.63, 3.8) is 0 Å². The maximum atomic E-state index is 11.5. The maximum absolute atomic E-state index is 11.5. The summed E-state index contributed by atoms with van der Waals surface area (Å²) in [7, 11) is 0. The molecule has 13 heavy (non-hydrogen) atoms. The molecule has 2 nitrogen and oxygen atoms in total. The Kier molecular flexibility index (Phi) is 2.87. The monoisotopic (exact) mass is 181 g/mol. The Balaban J connectivity index is 1.64. The minimum Gasteiger partial charge on any atom is -0.353 e. The second kappa shape index (κ2) is 4.12. The molecule has 0 heterocycles. The molecule has 0 aromatic carbocycles. The van der Waals surface area contributed by atoms with Crippen LogP contribution in [0.5, 0.6) is 0 Å². The van der Waals surface area contributed by atoms with Crippen molar-refractivity contribution >= 4 is 5.91 Å². The number of hydrogen-bond donors (Lipinski definition) is 1. The van der Waals surface area contributed by atoms with Crippen molar-refractivity contribution < 1.29 is 4.79 Å². The zero-order chi connectivity index (χ0) is 9.10. The molecule has 0 unspecified atom stereocenters. The van der Waals surface area contributed by atoms with Gasteiger partial charge in [0.1, 0.15) is 0 Å². The molecule has 0 radical (unpaired) electrons. The number of carbonyl (C=O) groups excluding carboxylic acids is 1. The standard InChI is InChI=1S/C11H19NO/c13-11(8-9-4-3-5-9)12-10-6-1-2-7-10/h9-10H,1-8H2,(H,12,13). The van der Waals surface area contributed by atoms with Crippen LogP contribution in [0.1, 0.15) is 51.4 Å². The molecule has 2 rings (SSSR count). The summed E-state index contributed by atoms with van der Waals surface area (Å²) in [4.78, 5) is 11.5. The summed E-state index contributed by atoms with van der Waals surface area (Å²) >= 11 is 0. The van der Waals surface area contributed by atoms with Crippen LogP contribution < -0.4 is 5.32 Å². The molecule has 0 atom stereocenters. The van der Waals surface area contributed by atoms with Gasteiger partial charge in [0.05, 0.1) is 0 Å². The van der Waals surface area contributed by atoms with Gasteiger partial charge >= 0.3 is 0 Å². The van der Waals surface area contributed by atoms with Crippen molar-refractivity contribution in [2.24, 2.45) is 5.92 Å². The Labute approximate surface area is 80.1 Å². The van der Waals surface area contributed by atoms with Crippen LogP contribution in [0.15, 0.2) is 0 Å². The Morgan fingerprint density at radius 2 is 1.77 bits per heavy atom.